The van der Waals surface area contributed by atoms with Gasteiger partial charge in [-0.1, -0.05) is 20.8 Å². The van der Waals surface area contributed by atoms with Crippen molar-refractivity contribution in [2.75, 3.05) is 0 Å². The number of aromatic nitrogens is 2. The molecule has 0 aliphatic heterocycles. The lowest BCUT2D eigenvalue weighted by atomic mass is 9.68. The summed E-state index contributed by atoms with van der Waals surface area (Å²) in [6.45, 7) is 10.5. The monoisotopic (exact) mass is 261 g/mol. The average Bonchev–Trinajstić information content (AvgIpc) is 2.92. The standard InChI is InChI=1S/C16H27N3/c1-11-12(10-18-19(11)5)9-17-14-15(2,3)13-6-7-16(14,4)8-13/h10,13-14,17H,6-9H2,1-5H3. The first-order chi connectivity index (χ1) is 8.84. The zero-order chi connectivity index (χ0) is 13.8. The van der Waals surface area contributed by atoms with Crippen molar-refractivity contribution in [2.24, 2.45) is 23.8 Å². The lowest BCUT2D eigenvalue weighted by Gasteiger charge is -2.43. The number of nitrogens with one attached hydrogen (secondary N) is 1. The van der Waals surface area contributed by atoms with Crippen LogP contribution in [0.4, 0.5) is 0 Å². The number of hydrogen-bond acceptors (Lipinski definition) is 2. The van der Waals surface area contributed by atoms with Crippen molar-refractivity contribution >= 4 is 0 Å². The van der Waals surface area contributed by atoms with Crippen molar-refractivity contribution in [1.82, 2.24) is 15.1 Å². The maximum atomic E-state index is 4.34. The van der Waals surface area contributed by atoms with E-state index < -0.39 is 0 Å². The minimum absolute atomic E-state index is 0.434. The first-order valence-corrected chi connectivity index (χ1v) is 7.55. The van der Waals surface area contributed by atoms with Gasteiger partial charge in [-0.15, -0.1) is 0 Å². The fourth-order valence-electron chi connectivity index (χ4n) is 4.74. The third-order valence-corrected chi connectivity index (χ3v) is 6.10. The number of fused-ring (bicyclic) bond motifs is 2. The van der Waals surface area contributed by atoms with Crippen LogP contribution in [0.3, 0.4) is 0 Å². The fourth-order valence-corrected chi connectivity index (χ4v) is 4.74. The minimum atomic E-state index is 0.434. The third-order valence-electron chi connectivity index (χ3n) is 6.10. The molecule has 0 saturated heterocycles. The van der Waals surface area contributed by atoms with Gasteiger partial charge in [0.25, 0.3) is 0 Å². The van der Waals surface area contributed by atoms with E-state index in [1.54, 1.807) is 0 Å². The van der Waals surface area contributed by atoms with Gasteiger partial charge in [-0.05, 0) is 42.9 Å². The Hall–Kier alpha value is -0.830. The Bertz CT molecular complexity index is 483. The molecular weight excluding hydrogens is 234 g/mol. The maximum Gasteiger partial charge on any atom is 0.0537 e. The van der Waals surface area contributed by atoms with Crippen LogP contribution in [0.1, 0.15) is 51.3 Å². The summed E-state index contributed by atoms with van der Waals surface area (Å²) in [5.74, 6) is 0.907. The summed E-state index contributed by atoms with van der Waals surface area (Å²) >= 11 is 0. The Morgan fingerprint density at radius 3 is 2.68 bits per heavy atom. The van der Waals surface area contributed by atoms with E-state index in [1.807, 2.05) is 17.9 Å². The molecule has 0 aromatic carbocycles. The topological polar surface area (TPSA) is 29.9 Å². The molecule has 2 aliphatic rings. The molecule has 3 nitrogen and oxygen atoms in total. The third kappa shape index (κ3) is 1.85. The van der Waals surface area contributed by atoms with Crippen molar-refractivity contribution in [3.63, 3.8) is 0 Å². The van der Waals surface area contributed by atoms with Gasteiger partial charge in [-0.3, -0.25) is 4.68 Å². The van der Waals surface area contributed by atoms with Gasteiger partial charge in [-0.2, -0.15) is 5.10 Å². The van der Waals surface area contributed by atoms with E-state index in [4.69, 9.17) is 0 Å². The Morgan fingerprint density at radius 2 is 2.16 bits per heavy atom. The summed E-state index contributed by atoms with van der Waals surface area (Å²) in [5, 5.41) is 8.20. The van der Waals surface area contributed by atoms with Gasteiger partial charge in [0, 0.05) is 30.9 Å². The first-order valence-electron chi connectivity index (χ1n) is 7.55. The molecule has 3 unspecified atom stereocenters. The first kappa shape index (κ1) is 13.2. The Morgan fingerprint density at radius 1 is 1.42 bits per heavy atom. The molecule has 19 heavy (non-hydrogen) atoms. The highest BCUT2D eigenvalue weighted by Gasteiger charge is 2.58. The van der Waals surface area contributed by atoms with Crippen LogP contribution in [0.15, 0.2) is 6.20 Å². The minimum Gasteiger partial charge on any atom is -0.309 e. The molecule has 2 saturated carbocycles. The number of hydrogen-bond donors (Lipinski definition) is 1. The molecule has 3 rings (SSSR count). The van der Waals surface area contributed by atoms with Gasteiger partial charge in [-0.25, -0.2) is 0 Å². The molecule has 3 heteroatoms. The molecule has 2 bridgehead atoms. The number of nitrogens with zero attached hydrogens (tertiary/aromatic N) is 2. The van der Waals surface area contributed by atoms with Gasteiger partial charge in [0.15, 0.2) is 0 Å². The predicted molar refractivity (Wildman–Crippen MR) is 77.8 cm³/mol. The second-order valence-corrected chi connectivity index (χ2v) is 7.61. The molecule has 106 valence electrons. The molecular formula is C16H27N3. The molecule has 1 aromatic heterocycles. The van der Waals surface area contributed by atoms with Gasteiger partial charge in [0.05, 0.1) is 6.20 Å². The molecule has 0 amide bonds. The Kier molecular flexibility index (Phi) is 2.83. The molecule has 2 fully saturated rings. The molecule has 1 heterocycles. The highest BCUT2D eigenvalue weighted by atomic mass is 15.3. The van der Waals surface area contributed by atoms with E-state index in [1.165, 1.54) is 30.5 Å². The summed E-state index contributed by atoms with van der Waals surface area (Å²) < 4.78 is 1.96. The van der Waals surface area contributed by atoms with E-state index in [0.717, 1.165) is 12.5 Å². The highest BCUT2D eigenvalue weighted by molar-refractivity contribution is 5.17. The van der Waals surface area contributed by atoms with Crippen molar-refractivity contribution in [3.05, 3.63) is 17.5 Å². The fraction of sp³-hybridized carbons (Fsp3) is 0.812. The molecule has 2 aliphatic carbocycles. The van der Waals surface area contributed by atoms with Gasteiger partial charge in [0.2, 0.25) is 0 Å². The maximum absolute atomic E-state index is 4.34. The zero-order valence-corrected chi connectivity index (χ0v) is 13.0. The number of aryl methyl sites for hydroxylation is 1. The summed E-state index contributed by atoms with van der Waals surface area (Å²) in [6.07, 6.45) is 6.23. The SMILES string of the molecule is Cc1c(CNC2C3(C)CCC(C3)C2(C)C)cnn1C. The van der Waals surface area contributed by atoms with Crippen LogP contribution in [-0.4, -0.2) is 15.8 Å². The van der Waals surface area contributed by atoms with Crippen LogP contribution in [0.5, 0.6) is 0 Å². The van der Waals surface area contributed by atoms with E-state index >= 15 is 0 Å². The second kappa shape index (κ2) is 4.08. The van der Waals surface area contributed by atoms with E-state index in [-0.39, 0.29) is 0 Å². The molecule has 1 aromatic rings. The summed E-state index contributed by atoms with van der Waals surface area (Å²) in [6, 6.07) is 0.637. The molecule has 0 radical (unpaired) electrons. The quantitative estimate of drug-likeness (QED) is 0.906. The van der Waals surface area contributed by atoms with Crippen LogP contribution < -0.4 is 5.32 Å². The molecule has 0 spiro atoms. The van der Waals surface area contributed by atoms with E-state index in [2.05, 4.69) is 38.1 Å². The van der Waals surface area contributed by atoms with E-state index in [0.29, 0.717) is 16.9 Å². The highest BCUT2D eigenvalue weighted by Crippen LogP contribution is 2.62. The molecule has 3 atom stereocenters. The van der Waals surface area contributed by atoms with Crippen molar-refractivity contribution < 1.29 is 0 Å². The van der Waals surface area contributed by atoms with E-state index in [9.17, 15) is 0 Å². The lowest BCUT2D eigenvalue weighted by Crippen LogP contribution is -2.49. The van der Waals surface area contributed by atoms with Gasteiger partial charge < -0.3 is 5.32 Å². The summed E-state index contributed by atoms with van der Waals surface area (Å²) in [5.41, 5.74) is 3.55. The number of rotatable bonds is 3. The van der Waals surface area contributed by atoms with Crippen LogP contribution in [0.2, 0.25) is 0 Å². The zero-order valence-electron chi connectivity index (χ0n) is 13.0. The summed E-state index contributed by atoms with van der Waals surface area (Å²) in [4.78, 5) is 0. The largest absolute Gasteiger partial charge is 0.309 e. The van der Waals surface area contributed by atoms with Crippen molar-refractivity contribution in [2.45, 2.75) is 59.5 Å². The van der Waals surface area contributed by atoms with Crippen LogP contribution in [-0.2, 0) is 13.6 Å². The normalized spacial score (nSPS) is 36.1. The smallest absolute Gasteiger partial charge is 0.0537 e. The molecule has 1 N–H and O–H groups in total. The average molecular weight is 261 g/mol. The van der Waals surface area contributed by atoms with Crippen LogP contribution in [0, 0.1) is 23.7 Å². The van der Waals surface area contributed by atoms with Gasteiger partial charge in [0.1, 0.15) is 0 Å². The van der Waals surface area contributed by atoms with Crippen molar-refractivity contribution in [1.29, 1.82) is 0 Å². The van der Waals surface area contributed by atoms with Crippen LogP contribution in [0.25, 0.3) is 0 Å². The van der Waals surface area contributed by atoms with Crippen molar-refractivity contribution in [3.8, 4) is 0 Å². The second-order valence-electron chi connectivity index (χ2n) is 7.61. The summed E-state index contributed by atoms with van der Waals surface area (Å²) in [7, 11) is 2.02. The predicted octanol–water partition coefficient (Wildman–Crippen LogP) is 3.03. The Balaban J connectivity index is 1.75. The Labute approximate surface area is 116 Å². The lowest BCUT2D eigenvalue weighted by molar-refractivity contribution is 0.108. The van der Waals surface area contributed by atoms with Crippen LogP contribution >= 0.6 is 0 Å². The van der Waals surface area contributed by atoms with Gasteiger partial charge >= 0.3 is 0 Å².